The third kappa shape index (κ3) is 6.53. The number of hydrogen-bond donors (Lipinski definition) is 1. The highest BCUT2D eigenvalue weighted by molar-refractivity contribution is 5.91. The lowest BCUT2D eigenvalue weighted by Gasteiger charge is -1.89. The van der Waals surface area contributed by atoms with E-state index in [9.17, 15) is 9.59 Å². The molecule has 0 amide bonds. The van der Waals surface area contributed by atoms with Gasteiger partial charge in [0.25, 0.3) is 0 Å². The highest BCUT2D eigenvalue weighted by Crippen LogP contribution is 1.80. The van der Waals surface area contributed by atoms with Crippen LogP contribution < -0.4 is 6.15 Å². The highest BCUT2D eigenvalue weighted by atomic mass is 16.5. The van der Waals surface area contributed by atoms with Gasteiger partial charge in [-0.1, -0.05) is 0 Å². The van der Waals surface area contributed by atoms with Crippen LogP contribution in [-0.4, -0.2) is 26.2 Å². The van der Waals surface area contributed by atoms with Crippen LogP contribution in [0.2, 0.25) is 0 Å². The lowest BCUT2D eigenvalue weighted by molar-refractivity contribution is -0.137. The predicted octanol–water partition coefficient (Wildman–Crippen LogP) is 0.0506. The number of methoxy groups -OCH3 is 2. The largest absolute Gasteiger partial charge is 0.466 e. The van der Waals surface area contributed by atoms with E-state index in [2.05, 4.69) is 9.47 Å². The van der Waals surface area contributed by atoms with Crippen molar-refractivity contribution in [2.24, 2.45) is 0 Å². The van der Waals surface area contributed by atoms with Gasteiger partial charge in [-0.15, -0.1) is 0 Å². The normalized spacial score (nSPS) is 8.55. The molecule has 0 aliphatic carbocycles. The summed E-state index contributed by atoms with van der Waals surface area (Å²) in [4.78, 5) is 20.6. The minimum Gasteiger partial charge on any atom is -0.466 e. The van der Waals surface area contributed by atoms with E-state index >= 15 is 0 Å². The van der Waals surface area contributed by atoms with Gasteiger partial charge in [0, 0.05) is 12.2 Å². The fourth-order valence-corrected chi connectivity index (χ4v) is 0.272. The molecule has 5 heteroatoms. The van der Waals surface area contributed by atoms with Crippen molar-refractivity contribution in [1.82, 2.24) is 6.15 Å². The number of ether oxygens (including phenoxy) is 2. The van der Waals surface area contributed by atoms with Gasteiger partial charge in [-0.2, -0.15) is 0 Å². The Kier molecular flexibility index (Phi) is 7.57. The first kappa shape index (κ1) is 12.3. The molecule has 0 rings (SSSR count). The molecule has 0 saturated carbocycles. The van der Waals surface area contributed by atoms with Crippen molar-refractivity contribution >= 4 is 11.9 Å². The fourth-order valence-electron chi connectivity index (χ4n) is 0.272. The van der Waals surface area contributed by atoms with Gasteiger partial charge in [-0.05, 0) is 0 Å². The summed E-state index contributed by atoms with van der Waals surface area (Å²) in [5.41, 5.74) is 0. The van der Waals surface area contributed by atoms with Crippen molar-refractivity contribution in [2.45, 2.75) is 0 Å². The average molecular weight is 161 g/mol. The van der Waals surface area contributed by atoms with E-state index in [1.807, 2.05) is 0 Å². The van der Waals surface area contributed by atoms with Crippen molar-refractivity contribution in [1.29, 1.82) is 0 Å². The molecule has 5 nitrogen and oxygen atoms in total. The molecule has 0 unspecified atom stereocenters. The molecule has 0 saturated heterocycles. The van der Waals surface area contributed by atoms with Crippen LogP contribution in [0.25, 0.3) is 0 Å². The Morgan fingerprint density at radius 2 is 1.27 bits per heavy atom. The summed E-state index contributed by atoms with van der Waals surface area (Å²) in [6.45, 7) is 0. The number of rotatable bonds is 2. The standard InChI is InChI=1S/C6H8O4.H3N/c1-9-5(7)3-4-6(8)10-2;/h3-4H,1-2H3;1H3/b4-3-;. The van der Waals surface area contributed by atoms with E-state index in [0.29, 0.717) is 0 Å². The van der Waals surface area contributed by atoms with Crippen LogP contribution in [-0.2, 0) is 19.1 Å². The Bertz CT molecular complexity index is 146. The summed E-state index contributed by atoms with van der Waals surface area (Å²) in [5, 5.41) is 0. The van der Waals surface area contributed by atoms with Crippen molar-refractivity contribution in [2.75, 3.05) is 14.2 Å². The Morgan fingerprint density at radius 3 is 1.45 bits per heavy atom. The summed E-state index contributed by atoms with van der Waals surface area (Å²) in [6, 6.07) is 0. The maximum atomic E-state index is 10.3. The van der Waals surface area contributed by atoms with Crippen LogP contribution in [0.4, 0.5) is 0 Å². The number of esters is 2. The van der Waals surface area contributed by atoms with E-state index < -0.39 is 11.9 Å². The number of carbonyl (C=O) groups is 2. The molecule has 11 heavy (non-hydrogen) atoms. The molecule has 0 fully saturated rings. The van der Waals surface area contributed by atoms with Crippen molar-refractivity contribution < 1.29 is 19.1 Å². The molecule has 64 valence electrons. The summed E-state index contributed by atoms with van der Waals surface area (Å²) in [6.07, 6.45) is 1.98. The van der Waals surface area contributed by atoms with Gasteiger partial charge in [-0.3, -0.25) is 0 Å². The minimum atomic E-state index is -0.578. The van der Waals surface area contributed by atoms with Gasteiger partial charge in [-0.25, -0.2) is 9.59 Å². The molecule has 0 atom stereocenters. The zero-order valence-corrected chi connectivity index (χ0v) is 6.49. The molecule has 0 heterocycles. The van der Waals surface area contributed by atoms with Crippen LogP contribution in [0.5, 0.6) is 0 Å². The van der Waals surface area contributed by atoms with Crippen LogP contribution in [0.3, 0.4) is 0 Å². The number of hydrogen-bond acceptors (Lipinski definition) is 5. The smallest absolute Gasteiger partial charge is 0.330 e. The zero-order valence-electron chi connectivity index (χ0n) is 6.49. The molecule has 0 bridgehead atoms. The molecule has 0 spiro atoms. The summed E-state index contributed by atoms with van der Waals surface area (Å²) >= 11 is 0. The van der Waals surface area contributed by atoms with E-state index in [1.54, 1.807) is 0 Å². The lowest BCUT2D eigenvalue weighted by atomic mass is 10.5. The van der Waals surface area contributed by atoms with Crippen LogP contribution in [0, 0.1) is 0 Å². The molecule has 3 N–H and O–H groups in total. The Labute approximate surface area is 64.6 Å². The summed E-state index contributed by atoms with van der Waals surface area (Å²) < 4.78 is 8.42. The van der Waals surface area contributed by atoms with Crippen molar-refractivity contribution in [3.8, 4) is 0 Å². The third-order valence-electron chi connectivity index (χ3n) is 0.758. The first-order valence-electron chi connectivity index (χ1n) is 2.54. The maximum absolute atomic E-state index is 10.3. The molecule has 0 aromatic rings. The van der Waals surface area contributed by atoms with E-state index in [0.717, 1.165) is 12.2 Å². The number of carbonyl (C=O) groups excluding carboxylic acids is 2. The molecular formula is C6H11NO4. The van der Waals surface area contributed by atoms with Crippen LogP contribution in [0.1, 0.15) is 0 Å². The first-order chi connectivity index (χ1) is 4.70. The second-order valence-electron chi connectivity index (χ2n) is 1.38. The maximum Gasteiger partial charge on any atom is 0.330 e. The van der Waals surface area contributed by atoms with Crippen molar-refractivity contribution in [3.63, 3.8) is 0 Å². The molecular weight excluding hydrogens is 150 g/mol. The van der Waals surface area contributed by atoms with Crippen LogP contribution >= 0.6 is 0 Å². The predicted molar refractivity (Wildman–Crippen MR) is 38.2 cm³/mol. The van der Waals surface area contributed by atoms with Gasteiger partial charge in [0.2, 0.25) is 0 Å². The zero-order chi connectivity index (χ0) is 7.98. The van der Waals surface area contributed by atoms with E-state index in [-0.39, 0.29) is 6.15 Å². The highest BCUT2D eigenvalue weighted by Gasteiger charge is 1.94. The van der Waals surface area contributed by atoms with Gasteiger partial charge in [0.15, 0.2) is 0 Å². The second-order valence-corrected chi connectivity index (χ2v) is 1.38. The topological polar surface area (TPSA) is 87.6 Å². The lowest BCUT2D eigenvalue weighted by Crippen LogP contribution is -1.98. The minimum absolute atomic E-state index is 0. The van der Waals surface area contributed by atoms with Gasteiger partial charge < -0.3 is 15.6 Å². The summed E-state index contributed by atoms with van der Waals surface area (Å²) in [7, 11) is 2.45. The Balaban J connectivity index is 0. The van der Waals surface area contributed by atoms with E-state index in [4.69, 9.17) is 0 Å². The average Bonchev–Trinajstić information content (AvgIpc) is 1.99. The SMILES string of the molecule is COC(=O)/C=C\C(=O)OC.N. The second kappa shape index (κ2) is 6.76. The quantitative estimate of drug-likeness (QED) is 0.456. The fraction of sp³-hybridized carbons (Fsp3) is 0.333. The van der Waals surface area contributed by atoms with Crippen molar-refractivity contribution in [3.05, 3.63) is 12.2 Å². The molecule has 0 aliphatic rings. The summed E-state index contributed by atoms with van der Waals surface area (Å²) in [5.74, 6) is -1.16. The monoisotopic (exact) mass is 161 g/mol. The first-order valence-corrected chi connectivity index (χ1v) is 2.54. The van der Waals surface area contributed by atoms with E-state index in [1.165, 1.54) is 14.2 Å². The molecule has 0 aliphatic heterocycles. The molecule has 0 aromatic heterocycles. The van der Waals surface area contributed by atoms with Gasteiger partial charge in [0.05, 0.1) is 14.2 Å². The Morgan fingerprint density at radius 1 is 1.00 bits per heavy atom. The third-order valence-corrected chi connectivity index (χ3v) is 0.758. The molecule has 0 aromatic carbocycles. The molecule has 0 radical (unpaired) electrons. The van der Waals surface area contributed by atoms with Gasteiger partial charge >= 0.3 is 11.9 Å². The van der Waals surface area contributed by atoms with Crippen LogP contribution in [0.15, 0.2) is 12.2 Å². The van der Waals surface area contributed by atoms with Gasteiger partial charge in [0.1, 0.15) is 0 Å². The Hall–Kier alpha value is -1.36.